The van der Waals surface area contributed by atoms with Crippen molar-refractivity contribution in [1.29, 1.82) is 0 Å². The van der Waals surface area contributed by atoms with Gasteiger partial charge in [-0.2, -0.15) is 0 Å². The van der Waals surface area contributed by atoms with E-state index in [1.54, 1.807) is 7.11 Å². The zero-order valence-corrected chi connectivity index (χ0v) is 61.0. The van der Waals surface area contributed by atoms with Gasteiger partial charge in [0.15, 0.2) is 0 Å². The van der Waals surface area contributed by atoms with Gasteiger partial charge in [-0.1, -0.05) is 213 Å². The molecule has 7 N–H and O–H groups in total. The molecule has 0 saturated heterocycles. The van der Waals surface area contributed by atoms with Crippen molar-refractivity contribution in [3.8, 4) is 0 Å². The van der Waals surface area contributed by atoms with Gasteiger partial charge in [-0.05, 0) is 93.3 Å². The van der Waals surface area contributed by atoms with E-state index in [0.29, 0.717) is 19.6 Å². The van der Waals surface area contributed by atoms with Gasteiger partial charge in [-0.3, -0.25) is 38.4 Å². The second-order valence-corrected chi connectivity index (χ2v) is 28.2. The molecule has 7 atom stereocenters. The van der Waals surface area contributed by atoms with Crippen LogP contribution in [0.5, 0.6) is 0 Å². The number of amides is 7. The summed E-state index contributed by atoms with van der Waals surface area (Å²) in [6.07, 6.45) is 23.5. The quantitative estimate of drug-likeness (QED) is 0.0220. The fourth-order valence-electron chi connectivity index (χ4n) is 10.8. The van der Waals surface area contributed by atoms with Gasteiger partial charge in [0.05, 0.1) is 39.6 Å². The van der Waals surface area contributed by atoms with Crippen molar-refractivity contribution >= 4 is 53.3 Å². The Morgan fingerprint density at radius 3 is 0.882 bits per heavy atom. The van der Waals surface area contributed by atoms with E-state index in [4.69, 9.17) is 23.7 Å². The Labute approximate surface area is 563 Å². The molecule has 0 aliphatic heterocycles. The monoisotopic (exact) mass is 1320 g/mol. The third-order valence-electron chi connectivity index (χ3n) is 15.8. The first-order chi connectivity index (χ1) is 44.2. The summed E-state index contributed by atoms with van der Waals surface area (Å²) in [5.74, 6) is -5.96. The number of rotatable bonds is 59. The summed E-state index contributed by atoms with van der Waals surface area (Å²) in [6.45, 7) is 28.5. The van der Waals surface area contributed by atoms with Crippen molar-refractivity contribution in [3.63, 3.8) is 0 Å². The van der Waals surface area contributed by atoms with E-state index in [-0.39, 0.29) is 120 Å². The predicted octanol–water partition coefficient (Wildman–Crippen LogP) is 11.0. The minimum absolute atomic E-state index is 0.00707. The Kier molecular flexibility index (Phi) is 52.4. The first-order valence-electron chi connectivity index (χ1n) is 36.3. The maximum absolute atomic E-state index is 14.5. The fourth-order valence-corrected chi connectivity index (χ4v) is 10.8. The van der Waals surface area contributed by atoms with Gasteiger partial charge in [-0.15, -0.1) is 0 Å². The van der Waals surface area contributed by atoms with Gasteiger partial charge >= 0.3 is 11.9 Å². The topological polar surface area (TPSA) is 284 Å². The zero-order valence-electron chi connectivity index (χ0n) is 61.0. The molecule has 21 nitrogen and oxygen atoms in total. The van der Waals surface area contributed by atoms with Crippen LogP contribution in [0.1, 0.15) is 277 Å². The molecule has 0 bridgehead atoms. The summed E-state index contributed by atoms with van der Waals surface area (Å²) in [4.78, 5) is 126. The van der Waals surface area contributed by atoms with Crippen LogP contribution < -0.4 is 37.2 Å². The molecule has 0 unspecified atom stereocenters. The van der Waals surface area contributed by atoms with E-state index in [2.05, 4.69) is 51.1 Å². The van der Waals surface area contributed by atoms with E-state index in [1.807, 2.05) is 83.1 Å². The second kappa shape index (κ2) is 55.3. The van der Waals surface area contributed by atoms with Crippen LogP contribution in [0.4, 0.5) is 0 Å². The van der Waals surface area contributed by atoms with Crippen LogP contribution in [0.2, 0.25) is 0 Å². The lowest BCUT2D eigenvalue weighted by molar-refractivity contribution is -0.149. The van der Waals surface area contributed by atoms with Crippen LogP contribution in [0.3, 0.4) is 0 Å². The number of carbonyl (C=O) groups is 9. The number of ether oxygens (including phenoxy) is 5. The number of unbranched alkanes of at least 4 members (excludes halogenated alkanes) is 18. The van der Waals surface area contributed by atoms with Gasteiger partial charge < -0.3 is 60.9 Å². The molecule has 0 aliphatic carbocycles. The first kappa shape index (κ1) is 88.1. The van der Waals surface area contributed by atoms with Crippen LogP contribution in [-0.4, -0.2) is 149 Å². The van der Waals surface area contributed by atoms with Gasteiger partial charge in [0.2, 0.25) is 41.4 Å². The van der Waals surface area contributed by atoms with Crippen molar-refractivity contribution in [2.75, 3.05) is 53.4 Å². The third kappa shape index (κ3) is 47.6. The molecule has 542 valence electrons. The number of hydrogen-bond acceptors (Lipinski definition) is 14. The van der Waals surface area contributed by atoms with Crippen molar-refractivity contribution in [3.05, 3.63) is 0 Å². The highest BCUT2D eigenvalue weighted by molar-refractivity contribution is 5.97. The maximum Gasteiger partial charge on any atom is 0.328 e. The lowest BCUT2D eigenvalue weighted by Gasteiger charge is -2.30. The zero-order chi connectivity index (χ0) is 69.9. The third-order valence-corrected chi connectivity index (χ3v) is 15.8. The molecule has 0 aromatic carbocycles. The van der Waals surface area contributed by atoms with Gasteiger partial charge in [-0.25, -0.2) is 4.79 Å². The van der Waals surface area contributed by atoms with Crippen LogP contribution in [0, 0.1) is 35.5 Å². The van der Waals surface area contributed by atoms with Gasteiger partial charge in [0.1, 0.15) is 48.9 Å². The molecule has 0 aromatic rings. The average Bonchev–Trinajstić information content (AvgIpc) is 3.71. The largest absolute Gasteiger partial charge is 0.466 e. The van der Waals surface area contributed by atoms with E-state index >= 15 is 0 Å². The molecule has 21 heteroatoms. The number of esters is 2. The fraction of sp³-hybridized carbons (Fsp3) is 0.875. The SMILES string of the molecule is CCCCCCCCCCCCOC(=O)CC[C@H](NC(=O)[C@H](CC(C)C)NC(=O)[C@H](CC(C)C)NC(=O)[C@H](CC(C)C)NC(=O)[C@H](CC(C)C)NC(=O)[C@H](CC(C)C)NC(=O)[C@H](CC(C)C)NC(=O)COCCOCCOC)C(=O)OCCCCCCCCCCCC. The molecular weight excluding hydrogens is 1190 g/mol. The lowest BCUT2D eigenvalue weighted by Crippen LogP contribution is -2.60. The minimum atomic E-state index is -1.21. The Balaban J connectivity index is 6.47. The predicted molar refractivity (Wildman–Crippen MR) is 369 cm³/mol. The summed E-state index contributed by atoms with van der Waals surface area (Å²) in [5.41, 5.74) is 0. The van der Waals surface area contributed by atoms with E-state index in [0.717, 1.165) is 44.9 Å². The normalized spacial score (nSPS) is 13.9. The van der Waals surface area contributed by atoms with Crippen molar-refractivity contribution < 1.29 is 66.8 Å². The highest BCUT2D eigenvalue weighted by atomic mass is 16.5. The van der Waals surface area contributed by atoms with E-state index in [1.165, 1.54) is 77.0 Å². The van der Waals surface area contributed by atoms with Crippen molar-refractivity contribution in [1.82, 2.24) is 37.2 Å². The summed E-state index contributed by atoms with van der Waals surface area (Å²) >= 11 is 0. The molecule has 0 aliphatic rings. The van der Waals surface area contributed by atoms with E-state index in [9.17, 15) is 43.2 Å². The maximum atomic E-state index is 14.5. The Morgan fingerprint density at radius 1 is 0.301 bits per heavy atom. The molecule has 0 rings (SSSR count). The van der Waals surface area contributed by atoms with Crippen LogP contribution in [0.25, 0.3) is 0 Å². The second-order valence-electron chi connectivity index (χ2n) is 28.2. The highest BCUT2D eigenvalue weighted by Crippen LogP contribution is 2.18. The molecular formula is C72H135N7O14. The summed E-state index contributed by atoms with van der Waals surface area (Å²) < 4.78 is 27.1. The smallest absolute Gasteiger partial charge is 0.328 e. The molecule has 0 aromatic heterocycles. The number of carbonyl (C=O) groups excluding carboxylic acids is 9. The lowest BCUT2D eigenvalue weighted by atomic mass is 9.97. The first-order valence-corrected chi connectivity index (χ1v) is 36.3. The average molecular weight is 1320 g/mol. The number of nitrogens with one attached hydrogen (secondary N) is 7. The number of methoxy groups -OCH3 is 1. The summed E-state index contributed by atoms with van der Waals surface area (Å²) in [5, 5.41) is 19.9. The molecule has 0 fully saturated rings. The Hall–Kier alpha value is -4.89. The van der Waals surface area contributed by atoms with Crippen molar-refractivity contribution in [2.24, 2.45) is 35.5 Å². The molecule has 93 heavy (non-hydrogen) atoms. The standard InChI is InChI=1S/C72H135N7O14/c1-16-18-20-22-24-26-28-30-32-34-38-92-65(81)37-36-57(72(88)93-39-35-33-31-29-27-25-23-21-19-17-2)74-67(83)59(45-52(5)6)76-69(85)61(47-54(9)10)78-71(87)63(49-56(13)14)79-70(86)62(48-55(11)12)77-68(84)60(46-53(7)8)75-66(82)58(44-51(3)4)73-64(80)50-91-43-42-90-41-40-89-15/h51-63H,16-50H2,1-15H3,(H,73,80)(H,74,83)(H,75,82)(H,76,85)(H,77,84)(H,78,87)(H,79,86)/t57-,58-,59-,60-,61-,62-,63-/m0/s1. The molecule has 0 spiro atoms. The van der Waals surface area contributed by atoms with Crippen LogP contribution in [-0.2, 0) is 66.8 Å². The van der Waals surface area contributed by atoms with Crippen LogP contribution in [0.15, 0.2) is 0 Å². The van der Waals surface area contributed by atoms with Gasteiger partial charge in [0.25, 0.3) is 0 Å². The highest BCUT2D eigenvalue weighted by Gasteiger charge is 2.36. The molecule has 0 radical (unpaired) electrons. The Morgan fingerprint density at radius 2 is 0.570 bits per heavy atom. The number of hydrogen-bond donors (Lipinski definition) is 7. The minimum Gasteiger partial charge on any atom is -0.466 e. The molecule has 0 heterocycles. The van der Waals surface area contributed by atoms with Gasteiger partial charge in [0, 0.05) is 13.5 Å². The summed E-state index contributed by atoms with van der Waals surface area (Å²) in [6, 6.07) is -7.90. The molecule has 0 saturated carbocycles. The van der Waals surface area contributed by atoms with E-state index < -0.39 is 95.6 Å². The Bertz CT molecular complexity index is 2040. The van der Waals surface area contributed by atoms with Crippen molar-refractivity contribution in [2.45, 2.75) is 319 Å². The summed E-state index contributed by atoms with van der Waals surface area (Å²) in [7, 11) is 1.57. The van der Waals surface area contributed by atoms with Crippen LogP contribution >= 0.6 is 0 Å². The molecule has 7 amide bonds.